The molecule has 1 N–H and O–H groups in total. The smallest absolute Gasteiger partial charge is 0.0780 e. The average molecular weight is 180 g/mol. The van der Waals surface area contributed by atoms with E-state index in [4.69, 9.17) is 5.11 Å². The minimum Gasteiger partial charge on any atom is -0.392 e. The molecule has 0 atom stereocenters. The van der Waals surface area contributed by atoms with E-state index in [0.29, 0.717) is 0 Å². The molecule has 1 nitrogen and oxygen atoms in total. The van der Waals surface area contributed by atoms with Crippen molar-refractivity contribution < 1.29 is 5.11 Å². The Morgan fingerprint density at radius 3 is 2.17 bits per heavy atom. The number of rotatable bonds is 2. The van der Waals surface area contributed by atoms with Crippen molar-refractivity contribution in [3.05, 3.63) is 29.8 Å². The highest BCUT2D eigenvalue weighted by molar-refractivity contribution is 6.89. The molecule has 0 spiro atoms. The lowest BCUT2D eigenvalue weighted by Gasteiger charge is -2.19. The van der Waals surface area contributed by atoms with Crippen molar-refractivity contribution in [1.82, 2.24) is 0 Å². The zero-order chi connectivity index (χ0) is 9.19. The van der Waals surface area contributed by atoms with Crippen LogP contribution in [0.25, 0.3) is 0 Å². The van der Waals surface area contributed by atoms with Gasteiger partial charge in [-0.3, -0.25) is 0 Å². The molecule has 0 fully saturated rings. The van der Waals surface area contributed by atoms with Gasteiger partial charge < -0.3 is 5.11 Å². The summed E-state index contributed by atoms with van der Waals surface area (Å²) in [6.07, 6.45) is 0. The van der Waals surface area contributed by atoms with Gasteiger partial charge in [0.25, 0.3) is 0 Å². The summed E-state index contributed by atoms with van der Waals surface area (Å²) in [4.78, 5) is 0. The lowest BCUT2D eigenvalue weighted by atomic mass is 10.2. The Kier molecular flexibility index (Phi) is 2.70. The summed E-state index contributed by atoms with van der Waals surface area (Å²) in [6, 6.07) is 8.17. The third-order valence-corrected chi connectivity index (χ3v) is 4.10. The van der Waals surface area contributed by atoms with E-state index in [1.54, 1.807) is 0 Å². The van der Waals surface area contributed by atoms with Gasteiger partial charge in [0, 0.05) is 0 Å². The third-order valence-electron chi connectivity index (χ3n) is 2.00. The molecule has 0 aliphatic heterocycles. The van der Waals surface area contributed by atoms with Crippen LogP contribution in [0, 0.1) is 0 Å². The summed E-state index contributed by atoms with van der Waals surface area (Å²) in [6.45, 7) is 7.05. The summed E-state index contributed by atoms with van der Waals surface area (Å²) in [5.41, 5.74) is 1.09. The molecule has 0 aliphatic carbocycles. The van der Waals surface area contributed by atoms with E-state index in [2.05, 4.69) is 25.7 Å². The van der Waals surface area contributed by atoms with Crippen molar-refractivity contribution >= 4 is 13.3 Å². The molecule has 0 heterocycles. The molecule has 0 saturated carbocycles. The van der Waals surface area contributed by atoms with E-state index in [9.17, 15) is 0 Å². The van der Waals surface area contributed by atoms with Gasteiger partial charge in [0.15, 0.2) is 0 Å². The zero-order valence-corrected chi connectivity index (χ0v) is 8.96. The second-order valence-electron chi connectivity index (χ2n) is 4.07. The first kappa shape index (κ1) is 9.48. The summed E-state index contributed by atoms with van der Waals surface area (Å²) in [5, 5.41) is 10.5. The van der Waals surface area contributed by atoms with Crippen LogP contribution in [0.4, 0.5) is 0 Å². The van der Waals surface area contributed by atoms with Crippen LogP contribution in [0.2, 0.25) is 19.6 Å². The van der Waals surface area contributed by atoms with E-state index in [1.807, 2.05) is 18.2 Å². The van der Waals surface area contributed by atoms with Crippen molar-refractivity contribution in [2.24, 2.45) is 0 Å². The first-order chi connectivity index (χ1) is 5.55. The molecule has 0 amide bonds. The summed E-state index contributed by atoms with van der Waals surface area (Å²) in [5.74, 6) is 0. The van der Waals surface area contributed by atoms with Crippen molar-refractivity contribution in [1.29, 1.82) is 0 Å². The molecule has 0 radical (unpaired) electrons. The van der Waals surface area contributed by atoms with E-state index >= 15 is 0 Å². The SMILES string of the molecule is C[Si](C)(C)c1ccccc1CO. The lowest BCUT2D eigenvalue weighted by molar-refractivity contribution is 0.283. The van der Waals surface area contributed by atoms with E-state index in [-0.39, 0.29) is 6.61 Å². The molecule has 66 valence electrons. The predicted octanol–water partition coefficient (Wildman–Crippen LogP) is 1.72. The van der Waals surface area contributed by atoms with Crippen LogP contribution in [0.3, 0.4) is 0 Å². The van der Waals surface area contributed by atoms with Crippen molar-refractivity contribution in [2.75, 3.05) is 0 Å². The Bertz CT molecular complexity index is 263. The van der Waals surface area contributed by atoms with Gasteiger partial charge in [-0.15, -0.1) is 0 Å². The molecule has 0 saturated heterocycles. The Labute approximate surface area is 75.1 Å². The molecule has 0 aromatic heterocycles. The molecular formula is C10H16OSi. The van der Waals surface area contributed by atoms with E-state index in [0.717, 1.165) is 5.56 Å². The molecule has 0 aliphatic rings. The van der Waals surface area contributed by atoms with Gasteiger partial charge in [-0.25, -0.2) is 0 Å². The van der Waals surface area contributed by atoms with E-state index < -0.39 is 8.07 Å². The fraction of sp³-hybridized carbons (Fsp3) is 0.400. The molecular weight excluding hydrogens is 164 g/mol. The number of benzene rings is 1. The van der Waals surface area contributed by atoms with Crippen LogP contribution < -0.4 is 5.19 Å². The largest absolute Gasteiger partial charge is 0.392 e. The van der Waals surface area contributed by atoms with Crippen LogP contribution in [-0.4, -0.2) is 13.2 Å². The predicted molar refractivity (Wildman–Crippen MR) is 55.3 cm³/mol. The topological polar surface area (TPSA) is 20.2 Å². The highest BCUT2D eigenvalue weighted by Crippen LogP contribution is 2.06. The fourth-order valence-corrected chi connectivity index (χ4v) is 3.11. The highest BCUT2D eigenvalue weighted by atomic mass is 28.3. The maximum absolute atomic E-state index is 9.10. The van der Waals surface area contributed by atoms with Crippen LogP contribution in [-0.2, 0) is 6.61 Å². The minimum absolute atomic E-state index is 0.167. The lowest BCUT2D eigenvalue weighted by Crippen LogP contribution is -2.39. The number of hydrogen-bond acceptors (Lipinski definition) is 1. The van der Waals surface area contributed by atoms with Gasteiger partial charge in [-0.1, -0.05) is 49.1 Å². The van der Waals surface area contributed by atoms with Gasteiger partial charge in [-0.05, 0) is 5.56 Å². The number of aliphatic hydroxyl groups is 1. The molecule has 2 heteroatoms. The zero-order valence-electron chi connectivity index (χ0n) is 7.96. The van der Waals surface area contributed by atoms with Gasteiger partial charge in [0.05, 0.1) is 14.7 Å². The highest BCUT2D eigenvalue weighted by Gasteiger charge is 2.18. The Morgan fingerprint density at radius 1 is 1.17 bits per heavy atom. The van der Waals surface area contributed by atoms with Crippen LogP contribution in [0.1, 0.15) is 5.56 Å². The number of hydrogen-bond donors (Lipinski definition) is 1. The monoisotopic (exact) mass is 180 g/mol. The second kappa shape index (κ2) is 3.41. The quantitative estimate of drug-likeness (QED) is 0.687. The van der Waals surface area contributed by atoms with Crippen LogP contribution >= 0.6 is 0 Å². The summed E-state index contributed by atoms with van der Waals surface area (Å²) < 4.78 is 0. The Hall–Kier alpha value is -0.603. The number of aliphatic hydroxyl groups excluding tert-OH is 1. The normalized spacial score (nSPS) is 11.7. The van der Waals surface area contributed by atoms with Gasteiger partial charge >= 0.3 is 0 Å². The van der Waals surface area contributed by atoms with Crippen molar-refractivity contribution in [3.8, 4) is 0 Å². The molecule has 12 heavy (non-hydrogen) atoms. The van der Waals surface area contributed by atoms with Gasteiger partial charge in [-0.2, -0.15) is 0 Å². The standard InChI is InChI=1S/C10H16OSi/c1-12(2,3)10-7-5-4-6-9(10)8-11/h4-7,11H,8H2,1-3H3. The van der Waals surface area contributed by atoms with Crippen molar-refractivity contribution in [3.63, 3.8) is 0 Å². The maximum Gasteiger partial charge on any atom is 0.0780 e. The molecule has 1 aromatic rings. The second-order valence-corrected chi connectivity index (χ2v) is 9.10. The minimum atomic E-state index is -1.26. The van der Waals surface area contributed by atoms with Crippen molar-refractivity contribution in [2.45, 2.75) is 26.2 Å². The average Bonchev–Trinajstić information content (AvgIpc) is 2.03. The molecule has 0 bridgehead atoms. The first-order valence-corrected chi connectivity index (χ1v) is 7.75. The van der Waals surface area contributed by atoms with E-state index in [1.165, 1.54) is 5.19 Å². The van der Waals surface area contributed by atoms with Gasteiger partial charge in [0.2, 0.25) is 0 Å². The third kappa shape index (κ3) is 1.96. The molecule has 0 unspecified atom stereocenters. The Morgan fingerprint density at radius 2 is 1.75 bits per heavy atom. The summed E-state index contributed by atoms with van der Waals surface area (Å²) in [7, 11) is -1.26. The summed E-state index contributed by atoms with van der Waals surface area (Å²) >= 11 is 0. The Balaban J connectivity index is 3.14. The maximum atomic E-state index is 9.10. The molecule has 1 aromatic carbocycles. The first-order valence-electron chi connectivity index (χ1n) is 4.25. The fourth-order valence-electron chi connectivity index (χ4n) is 1.39. The van der Waals surface area contributed by atoms with Crippen LogP contribution in [0.5, 0.6) is 0 Å². The van der Waals surface area contributed by atoms with Crippen LogP contribution in [0.15, 0.2) is 24.3 Å². The molecule has 1 rings (SSSR count). The van der Waals surface area contributed by atoms with Gasteiger partial charge in [0.1, 0.15) is 0 Å².